The van der Waals surface area contributed by atoms with Gasteiger partial charge >= 0.3 is 12.1 Å². The van der Waals surface area contributed by atoms with Crippen LogP contribution < -0.4 is 5.32 Å². The fraction of sp³-hybridized carbons (Fsp3) is 0.259. The van der Waals surface area contributed by atoms with E-state index in [0.717, 1.165) is 22.3 Å². The zero-order valence-electron chi connectivity index (χ0n) is 19.2. The van der Waals surface area contributed by atoms with Crippen LogP contribution in [0.5, 0.6) is 0 Å². The van der Waals surface area contributed by atoms with Gasteiger partial charge in [-0.15, -0.1) is 0 Å². The summed E-state index contributed by atoms with van der Waals surface area (Å²) in [6.07, 6.45) is 1.76. The van der Waals surface area contributed by atoms with Crippen molar-refractivity contribution in [2.24, 2.45) is 0 Å². The molecule has 178 valence electrons. The highest BCUT2D eigenvalue weighted by Crippen LogP contribution is 2.44. The highest BCUT2D eigenvalue weighted by Gasteiger charge is 2.55. The van der Waals surface area contributed by atoms with Gasteiger partial charge in [0.15, 0.2) is 0 Å². The van der Waals surface area contributed by atoms with Crippen molar-refractivity contribution in [1.82, 2.24) is 15.2 Å². The monoisotopic (exact) mass is 471 g/mol. The summed E-state index contributed by atoms with van der Waals surface area (Å²) in [5.74, 6) is -1.43. The van der Waals surface area contributed by atoms with Crippen molar-refractivity contribution >= 4 is 18.0 Å². The number of ether oxygens (including phenoxy) is 1. The Morgan fingerprint density at radius 3 is 2.29 bits per heavy atom. The lowest BCUT2D eigenvalue weighted by Crippen LogP contribution is -2.44. The molecule has 2 N–H and O–H groups in total. The minimum absolute atomic E-state index is 0.0354. The number of hydrogen-bond acceptors (Lipinski definition) is 5. The van der Waals surface area contributed by atoms with Crippen LogP contribution in [-0.2, 0) is 16.1 Å². The highest BCUT2D eigenvalue weighted by atomic mass is 16.5. The van der Waals surface area contributed by atoms with Crippen molar-refractivity contribution in [1.29, 1.82) is 0 Å². The van der Waals surface area contributed by atoms with E-state index in [1.54, 1.807) is 6.07 Å². The number of alkyl carbamates (subject to hydrolysis) is 1. The van der Waals surface area contributed by atoms with Crippen LogP contribution in [0.25, 0.3) is 11.1 Å². The Morgan fingerprint density at radius 2 is 1.69 bits per heavy atom. The van der Waals surface area contributed by atoms with Gasteiger partial charge in [-0.3, -0.25) is 9.78 Å². The zero-order valence-corrected chi connectivity index (χ0v) is 19.2. The maximum atomic E-state index is 12.8. The van der Waals surface area contributed by atoms with Gasteiger partial charge in [0.25, 0.3) is 5.91 Å². The average molecular weight is 472 g/mol. The van der Waals surface area contributed by atoms with Crippen molar-refractivity contribution in [3.8, 4) is 11.1 Å². The van der Waals surface area contributed by atoms with E-state index in [9.17, 15) is 19.5 Å². The standard InChI is InChI=1S/C27H25N3O5/c1-30(27(11-12-27)25(32)33)24(31)17-10-13-28-18(14-17)15-29-26(34)35-16-23-21-8-4-2-6-19(21)20-7-3-5-9-22(20)23/h2-10,13-14,23H,11-12,15-16H2,1H3,(H,29,34)(H,32,33). The molecule has 0 aliphatic heterocycles. The summed E-state index contributed by atoms with van der Waals surface area (Å²) in [7, 11) is 1.50. The SMILES string of the molecule is CN(C(=O)c1ccnc(CNC(=O)OCC2c3ccccc3-c3ccccc32)c1)C1(C(=O)O)CC1. The molecule has 2 aliphatic carbocycles. The second-order valence-corrected chi connectivity index (χ2v) is 8.92. The Bertz CT molecular complexity index is 1270. The number of carbonyl (C=O) groups is 3. The van der Waals surface area contributed by atoms with Crippen molar-refractivity contribution in [2.75, 3.05) is 13.7 Å². The Hall–Kier alpha value is -4.20. The number of nitrogens with zero attached hydrogens (tertiary/aromatic N) is 2. The Morgan fingerprint density at radius 1 is 1.06 bits per heavy atom. The summed E-state index contributed by atoms with van der Waals surface area (Å²) in [5.41, 5.74) is 4.24. The molecule has 2 aromatic carbocycles. The lowest BCUT2D eigenvalue weighted by Gasteiger charge is -2.24. The first-order valence-electron chi connectivity index (χ1n) is 11.5. The number of carboxylic acids is 1. The van der Waals surface area contributed by atoms with E-state index < -0.39 is 23.5 Å². The molecule has 0 atom stereocenters. The minimum Gasteiger partial charge on any atom is -0.479 e. The van der Waals surface area contributed by atoms with Crippen LogP contribution in [0, 0.1) is 0 Å². The molecule has 0 bridgehead atoms. The molecule has 1 saturated carbocycles. The molecule has 3 aromatic rings. The Balaban J connectivity index is 1.20. The number of fused-ring (bicyclic) bond motifs is 3. The van der Waals surface area contributed by atoms with Gasteiger partial charge in [0, 0.05) is 24.7 Å². The van der Waals surface area contributed by atoms with Crippen LogP contribution in [0.3, 0.4) is 0 Å². The topological polar surface area (TPSA) is 109 Å². The maximum absolute atomic E-state index is 12.8. The number of aliphatic carboxylic acids is 1. The van der Waals surface area contributed by atoms with Crippen molar-refractivity contribution in [2.45, 2.75) is 30.8 Å². The second-order valence-electron chi connectivity index (χ2n) is 8.92. The molecule has 1 fully saturated rings. The smallest absolute Gasteiger partial charge is 0.407 e. The molecular weight excluding hydrogens is 446 g/mol. The van der Waals surface area contributed by atoms with E-state index >= 15 is 0 Å². The molecule has 1 heterocycles. The molecule has 5 rings (SSSR count). The number of aromatic nitrogens is 1. The molecule has 0 saturated heterocycles. The van der Waals surface area contributed by atoms with Crippen LogP contribution in [-0.4, -0.2) is 52.2 Å². The van der Waals surface area contributed by atoms with Gasteiger partial charge in [0.05, 0.1) is 12.2 Å². The lowest BCUT2D eigenvalue weighted by molar-refractivity contribution is -0.143. The van der Waals surface area contributed by atoms with Crippen molar-refractivity contribution in [3.63, 3.8) is 0 Å². The first-order valence-corrected chi connectivity index (χ1v) is 11.5. The summed E-state index contributed by atoms with van der Waals surface area (Å²) < 4.78 is 5.54. The fourth-order valence-electron chi connectivity index (χ4n) is 4.72. The molecule has 2 aliphatic rings. The molecule has 1 aromatic heterocycles. The third-order valence-electron chi connectivity index (χ3n) is 6.89. The van der Waals surface area contributed by atoms with Gasteiger partial charge in [0.2, 0.25) is 0 Å². The van der Waals surface area contributed by atoms with E-state index in [-0.39, 0.29) is 19.1 Å². The van der Waals surface area contributed by atoms with Gasteiger partial charge in [-0.1, -0.05) is 48.5 Å². The van der Waals surface area contributed by atoms with Gasteiger partial charge in [0.1, 0.15) is 12.1 Å². The fourth-order valence-corrected chi connectivity index (χ4v) is 4.72. The molecule has 8 nitrogen and oxygen atoms in total. The largest absolute Gasteiger partial charge is 0.479 e. The molecule has 0 spiro atoms. The Kier molecular flexibility index (Phi) is 5.72. The Labute approximate surface area is 202 Å². The number of benzene rings is 2. The number of hydrogen-bond donors (Lipinski definition) is 2. The van der Waals surface area contributed by atoms with E-state index in [0.29, 0.717) is 24.1 Å². The van der Waals surface area contributed by atoms with E-state index in [1.807, 2.05) is 24.3 Å². The van der Waals surface area contributed by atoms with E-state index in [1.165, 1.54) is 24.2 Å². The summed E-state index contributed by atoms with van der Waals surface area (Å²) in [6.45, 7) is 0.277. The van der Waals surface area contributed by atoms with E-state index in [2.05, 4.69) is 34.6 Å². The minimum atomic E-state index is -1.12. The number of carboxylic acid groups (broad SMARTS) is 1. The molecule has 0 unspecified atom stereocenters. The molecule has 35 heavy (non-hydrogen) atoms. The van der Waals surface area contributed by atoms with Gasteiger partial charge < -0.3 is 20.1 Å². The van der Waals surface area contributed by atoms with Crippen LogP contribution in [0.4, 0.5) is 4.79 Å². The number of amides is 2. The van der Waals surface area contributed by atoms with Crippen molar-refractivity contribution < 1.29 is 24.2 Å². The van der Waals surface area contributed by atoms with Gasteiger partial charge in [-0.2, -0.15) is 0 Å². The molecular formula is C27H25N3O5. The van der Waals surface area contributed by atoms with Crippen molar-refractivity contribution in [3.05, 3.63) is 89.2 Å². The maximum Gasteiger partial charge on any atom is 0.407 e. The van der Waals surface area contributed by atoms with Crippen LogP contribution in [0.15, 0.2) is 66.9 Å². The van der Waals surface area contributed by atoms with Crippen LogP contribution in [0.1, 0.15) is 45.9 Å². The van der Waals surface area contributed by atoms with E-state index in [4.69, 9.17) is 4.74 Å². The lowest BCUT2D eigenvalue weighted by atomic mass is 9.98. The highest BCUT2D eigenvalue weighted by molar-refractivity contribution is 5.98. The number of pyridine rings is 1. The predicted molar refractivity (Wildman–Crippen MR) is 128 cm³/mol. The zero-order chi connectivity index (χ0) is 24.6. The molecule has 2 amide bonds. The first-order chi connectivity index (χ1) is 16.9. The first kappa shape index (κ1) is 22.6. The van der Waals surface area contributed by atoms with Crippen LogP contribution in [0.2, 0.25) is 0 Å². The third kappa shape index (κ3) is 4.12. The molecule has 8 heteroatoms. The number of likely N-dealkylation sites (N-methyl/N-ethyl adjacent to an activating group) is 1. The predicted octanol–water partition coefficient (Wildman–Crippen LogP) is 3.81. The third-order valence-corrected chi connectivity index (χ3v) is 6.89. The number of carbonyl (C=O) groups excluding carboxylic acids is 2. The molecule has 0 radical (unpaired) electrons. The summed E-state index contributed by atoms with van der Waals surface area (Å²) in [5, 5.41) is 12.1. The summed E-state index contributed by atoms with van der Waals surface area (Å²) in [4.78, 5) is 42.2. The second kappa shape index (κ2) is 8.87. The van der Waals surface area contributed by atoms with Crippen LogP contribution >= 0.6 is 0 Å². The summed E-state index contributed by atoms with van der Waals surface area (Å²) >= 11 is 0. The number of nitrogens with one attached hydrogen (secondary N) is 1. The summed E-state index contributed by atoms with van der Waals surface area (Å²) in [6, 6.07) is 19.3. The quantitative estimate of drug-likeness (QED) is 0.542. The normalized spacial score (nSPS) is 15.0. The van der Waals surface area contributed by atoms with Gasteiger partial charge in [-0.25, -0.2) is 9.59 Å². The van der Waals surface area contributed by atoms with Gasteiger partial charge in [-0.05, 0) is 47.2 Å². The average Bonchev–Trinajstić information content (AvgIpc) is 3.64. The number of rotatable bonds is 7.